The quantitative estimate of drug-likeness (QED) is 0.272. The normalized spacial score (nSPS) is 11.1. The second kappa shape index (κ2) is 9.41. The molecule has 0 atom stereocenters. The minimum atomic E-state index is -3.90. The summed E-state index contributed by atoms with van der Waals surface area (Å²) in [6.45, 7) is 1.85. The summed E-state index contributed by atoms with van der Waals surface area (Å²) < 4.78 is 28.0. The number of carbonyl (C=O) groups is 1. The summed E-state index contributed by atoms with van der Waals surface area (Å²) in [6, 6.07) is 18.6. The molecule has 0 saturated heterocycles. The zero-order valence-electron chi connectivity index (χ0n) is 17.8. The number of benzene rings is 3. The molecule has 0 aliphatic carbocycles. The van der Waals surface area contributed by atoms with Crippen LogP contribution >= 0.6 is 11.3 Å². The van der Waals surface area contributed by atoms with E-state index in [4.69, 9.17) is 0 Å². The zero-order chi connectivity index (χ0) is 24.3. The van der Waals surface area contributed by atoms with E-state index in [2.05, 4.69) is 15.0 Å². The molecule has 3 aromatic carbocycles. The summed E-state index contributed by atoms with van der Waals surface area (Å²) >= 11 is 1.15. The molecule has 0 fully saturated rings. The molecule has 0 radical (unpaired) electrons. The van der Waals surface area contributed by atoms with Crippen molar-refractivity contribution in [2.24, 2.45) is 0 Å². The van der Waals surface area contributed by atoms with Crippen LogP contribution in [0, 0.1) is 17.0 Å². The number of nitro groups is 1. The number of nitrogens with one attached hydrogen (secondary N) is 2. The van der Waals surface area contributed by atoms with Gasteiger partial charge in [-0.2, -0.15) is 0 Å². The molecule has 0 spiro atoms. The van der Waals surface area contributed by atoms with Gasteiger partial charge in [0.05, 0.1) is 26.8 Å². The van der Waals surface area contributed by atoms with Gasteiger partial charge in [0, 0.05) is 23.1 Å². The minimum absolute atomic E-state index is 0.0640. The molecule has 11 heteroatoms. The van der Waals surface area contributed by atoms with E-state index < -0.39 is 20.9 Å². The van der Waals surface area contributed by atoms with Crippen LogP contribution in [0.15, 0.2) is 83.1 Å². The fourth-order valence-corrected chi connectivity index (χ4v) is 4.89. The van der Waals surface area contributed by atoms with Gasteiger partial charge in [0.2, 0.25) is 0 Å². The monoisotopic (exact) mass is 494 g/mol. The second-order valence-electron chi connectivity index (χ2n) is 7.26. The summed E-state index contributed by atoms with van der Waals surface area (Å²) in [5.41, 5.74) is 2.11. The molecule has 0 bridgehead atoms. The van der Waals surface area contributed by atoms with Crippen molar-refractivity contribution >= 4 is 43.8 Å². The largest absolute Gasteiger partial charge is 0.298 e. The van der Waals surface area contributed by atoms with Crippen LogP contribution in [0.25, 0.3) is 11.3 Å². The van der Waals surface area contributed by atoms with Gasteiger partial charge in [-0.25, -0.2) is 13.4 Å². The first-order chi connectivity index (χ1) is 16.2. The highest BCUT2D eigenvalue weighted by atomic mass is 32.2. The third-order valence-electron chi connectivity index (χ3n) is 4.82. The fraction of sp³-hybridized carbons (Fsp3) is 0.0435. The number of sulfonamides is 1. The Kier molecular flexibility index (Phi) is 6.39. The van der Waals surface area contributed by atoms with E-state index in [1.54, 1.807) is 41.8 Å². The van der Waals surface area contributed by atoms with Crippen LogP contribution in [-0.2, 0) is 10.0 Å². The Balaban J connectivity index is 1.55. The third-order valence-corrected chi connectivity index (χ3v) is 6.96. The first-order valence-corrected chi connectivity index (χ1v) is 12.3. The molecular weight excluding hydrogens is 476 g/mol. The van der Waals surface area contributed by atoms with Crippen molar-refractivity contribution in [1.29, 1.82) is 0 Å². The Morgan fingerprint density at radius 1 is 1.03 bits per heavy atom. The number of amides is 1. The lowest BCUT2D eigenvalue weighted by Gasteiger charge is -2.12. The van der Waals surface area contributed by atoms with Gasteiger partial charge < -0.3 is 0 Å². The molecule has 172 valence electrons. The van der Waals surface area contributed by atoms with Crippen molar-refractivity contribution in [1.82, 2.24) is 4.98 Å². The average Bonchev–Trinajstić information content (AvgIpc) is 3.28. The summed E-state index contributed by atoms with van der Waals surface area (Å²) in [5, 5.41) is 15.6. The maximum absolute atomic E-state index is 12.9. The SMILES string of the molecule is Cc1ccc(S(=O)(=O)Nc2ccccc2C(=O)Nc2nc(-c3cccc([N+](=O)[O-])c3)cs2)cc1. The van der Waals surface area contributed by atoms with Crippen LogP contribution < -0.4 is 10.0 Å². The lowest BCUT2D eigenvalue weighted by molar-refractivity contribution is -0.384. The van der Waals surface area contributed by atoms with E-state index in [-0.39, 0.29) is 27.0 Å². The van der Waals surface area contributed by atoms with E-state index in [9.17, 15) is 23.3 Å². The molecule has 9 nitrogen and oxygen atoms in total. The molecule has 4 aromatic rings. The van der Waals surface area contributed by atoms with Crippen molar-refractivity contribution in [3.63, 3.8) is 0 Å². The predicted octanol–water partition coefficient (Wildman–Crippen LogP) is 5.08. The number of rotatable bonds is 7. The first kappa shape index (κ1) is 23.1. The van der Waals surface area contributed by atoms with Gasteiger partial charge in [-0.15, -0.1) is 11.3 Å². The minimum Gasteiger partial charge on any atom is -0.298 e. The first-order valence-electron chi connectivity index (χ1n) is 9.93. The number of nitrogens with zero attached hydrogens (tertiary/aromatic N) is 2. The van der Waals surface area contributed by atoms with E-state index in [0.29, 0.717) is 11.3 Å². The van der Waals surface area contributed by atoms with Gasteiger partial charge in [0.1, 0.15) is 0 Å². The highest BCUT2D eigenvalue weighted by Crippen LogP contribution is 2.28. The maximum Gasteiger partial charge on any atom is 0.270 e. The van der Waals surface area contributed by atoms with Gasteiger partial charge in [-0.3, -0.25) is 24.9 Å². The fourth-order valence-electron chi connectivity index (χ4n) is 3.10. The molecule has 1 heterocycles. The van der Waals surface area contributed by atoms with Crippen LogP contribution in [0.3, 0.4) is 0 Å². The maximum atomic E-state index is 12.9. The highest BCUT2D eigenvalue weighted by Gasteiger charge is 2.19. The van der Waals surface area contributed by atoms with Crippen LogP contribution in [0.2, 0.25) is 0 Å². The van der Waals surface area contributed by atoms with E-state index in [0.717, 1.165) is 16.9 Å². The smallest absolute Gasteiger partial charge is 0.270 e. The number of aryl methyl sites for hydroxylation is 1. The number of hydrogen-bond acceptors (Lipinski definition) is 7. The van der Waals surface area contributed by atoms with Crippen LogP contribution in [0.4, 0.5) is 16.5 Å². The molecule has 1 amide bonds. The summed E-state index contributed by atoms with van der Waals surface area (Å²) in [4.78, 5) is 27.9. The average molecular weight is 495 g/mol. The molecule has 1 aromatic heterocycles. The van der Waals surface area contributed by atoms with Gasteiger partial charge >= 0.3 is 0 Å². The highest BCUT2D eigenvalue weighted by molar-refractivity contribution is 7.92. The third kappa shape index (κ3) is 5.11. The predicted molar refractivity (Wildman–Crippen MR) is 131 cm³/mol. The molecule has 0 saturated carbocycles. The number of nitro benzene ring substituents is 1. The van der Waals surface area contributed by atoms with Crippen molar-refractivity contribution in [2.75, 3.05) is 10.0 Å². The lowest BCUT2D eigenvalue weighted by atomic mass is 10.1. The van der Waals surface area contributed by atoms with Crippen LogP contribution in [-0.4, -0.2) is 24.2 Å². The van der Waals surface area contributed by atoms with E-state index in [1.807, 2.05) is 6.92 Å². The number of thiazole rings is 1. The molecule has 0 aliphatic heterocycles. The number of non-ortho nitro benzene ring substituents is 1. The number of aromatic nitrogens is 1. The van der Waals surface area contributed by atoms with Crippen molar-refractivity contribution in [2.45, 2.75) is 11.8 Å². The van der Waals surface area contributed by atoms with Crippen LogP contribution in [0.1, 0.15) is 15.9 Å². The van der Waals surface area contributed by atoms with Crippen LogP contribution in [0.5, 0.6) is 0 Å². The summed E-state index contributed by atoms with van der Waals surface area (Å²) in [5.74, 6) is -0.554. The van der Waals surface area contributed by atoms with E-state index >= 15 is 0 Å². The Hall–Kier alpha value is -4.09. The van der Waals surface area contributed by atoms with Gasteiger partial charge in [0.15, 0.2) is 5.13 Å². The topological polar surface area (TPSA) is 131 Å². The lowest BCUT2D eigenvalue weighted by Crippen LogP contribution is -2.18. The number of carbonyl (C=O) groups excluding carboxylic acids is 1. The number of para-hydroxylation sites is 1. The standard InChI is InChI=1S/C23H18N4O5S2/c1-15-9-11-18(12-10-15)34(31,32)26-20-8-3-2-7-19(20)22(28)25-23-24-21(14-33-23)16-5-4-6-17(13-16)27(29)30/h2-14,26H,1H3,(H,24,25,28). The molecular formula is C23H18N4O5S2. The van der Waals surface area contributed by atoms with Crippen molar-refractivity contribution in [3.8, 4) is 11.3 Å². The van der Waals surface area contributed by atoms with Gasteiger partial charge in [-0.05, 0) is 31.2 Å². The molecule has 4 rings (SSSR count). The Labute approximate surface area is 199 Å². The van der Waals surface area contributed by atoms with Crippen molar-refractivity contribution in [3.05, 3.63) is 99.4 Å². The van der Waals surface area contributed by atoms with E-state index in [1.165, 1.54) is 36.4 Å². The summed E-state index contributed by atoms with van der Waals surface area (Å²) in [6.07, 6.45) is 0. The molecule has 0 unspecified atom stereocenters. The number of hydrogen-bond donors (Lipinski definition) is 2. The second-order valence-corrected chi connectivity index (χ2v) is 9.80. The Bertz CT molecular complexity index is 1480. The number of anilines is 2. The Morgan fingerprint density at radius 2 is 1.76 bits per heavy atom. The molecule has 0 aliphatic rings. The molecule has 34 heavy (non-hydrogen) atoms. The Morgan fingerprint density at radius 3 is 2.50 bits per heavy atom. The van der Waals surface area contributed by atoms with Gasteiger partial charge in [0.25, 0.3) is 21.6 Å². The summed E-state index contributed by atoms with van der Waals surface area (Å²) in [7, 11) is -3.90. The molecule has 2 N–H and O–H groups in total. The van der Waals surface area contributed by atoms with Gasteiger partial charge in [-0.1, -0.05) is 42.0 Å². The van der Waals surface area contributed by atoms with Crippen molar-refractivity contribution < 1.29 is 18.1 Å². The zero-order valence-corrected chi connectivity index (χ0v) is 19.4.